The second kappa shape index (κ2) is 7.75. The highest BCUT2D eigenvalue weighted by Gasteiger charge is 2.20. The van der Waals surface area contributed by atoms with Crippen LogP contribution in [0.25, 0.3) is 6.08 Å². The highest BCUT2D eigenvalue weighted by atomic mass is 35.5. The third-order valence-corrected chi connectivity index (χ3v) is 4.93. The summed E-state index contributed by atoms with van der Waals surface area (Å²) >= 11 is 6.13. The molecule has 0 aromatic heterocycles. The second-order valence-corrected chi connectivity index (χ2v) is 6.87. The van der Waals surface area contributed by atoms with Crippen LogP contribution in [0, 0.1) is 13.8 Å². The first-order valence-electron chi connectivity index (χ1n) is 8.58. The number of halogens is 1. The van der Waals surface area contributed by atoms with E-state index in [0.717, 1.165) is 42.5 Å². The lowest BCUT2D eigenvalue weighted by atomic mass is 10.1. The summed E-state index contributed by atoms with van der Waals surface area (Å²) in [6, 6.07) is 14.0. The maximum Gasteiger partial charge on any atom is 0.246 e. The quantitative estimate of drug-likeness (QED) is 0.766. The Balaban J connectivity index is 1.61. The van der Waals surface area contributed by atoms with Gasteiger partial charge in [0.15, 0.2) is 0 Å². The van der Waals surface area contributed by atoms with Crippen molar-refractivity contribution >= 4 is 29.3 Å². The van der Waals surface area contributed by atoms with E-state index < -0.39 is 0 Å². The van der Waals surface area contributed by atoms with E-state index in [1.165, 1.54) is 11.1 Å². The lowest BCUT2D eigenvalue weighted by Gasteiger charge is -2.36. The molecule has 0 aliphatic carbocycles. The van der Waals surface area contributed by atoms with Crippen LogP contribution in [0.5, 0.6) is 0 Å². The summed E-state index contributed by atoms with van der Waals surface area (Å²) in [5.74, 6) is 0.0747. The number of rotatable bonds is 3. The molecule has 3 nitrogen and oxygen atoms in total. The topological polar surface area (TPSA) is 23.6 Å². The van der Waals surface area contributed by atoms with Crippen LogP contribution in [0.2, 0.25) is 5.02 Å². The number of hydrogen-bond donors (Lipinski definition) is 0. The smallest absolute Gasteiger partial charge is 0.246 e. The van der Waals surface area contributed by atoms with Crippen molar-refractivity contribution in [1.29, 1.82) is 0 Å². The lowest BCUT2D eigenvalue weighted by molar-refractivity contribution is -0.126. The van der Waals surface area contributed by atoms with E-state index in [0.29, 0.717) is 0 Å². The van der Waals surface area contributed by atoms with E-state index in [4.69, 9.17) is 11.6 Å². The van der Waals surface area contributed by atoms with Crippen LogP contribution >= 0.6 is 11.6 Å². The number of piperazine rings is 1. The van der Waals surface area contributed by atoms with E-state index in [2.05, 4.69) is 24.8 Å². The first-order valence-corrected chi connectivity index (χ1v) is 8.96. The van der Waals surface area contributed by atoms with Gasteiger partial charge in [0.1, 0.15) is 0 Å². The summed E-state index contributed by atoms with van der Waals surface area (Å²) < 4.78 is 0. The molecule has 1 heterocycles. The summed E-state index contributed by atoms with van der Waals surface area (Å²) in [5.41, 5.74) is 4.63. The lowest BCUT2D eigenvalue weighted by Crippen LogP contribution is -2.48. The third kappa shape index (κ3) is 4.23. The van der Waals surface area contributed by atoms with Gasteiger partial charge in [-0.25, -0.2) is 0 Å². The summed E-state index contributed by atoms with van der Waals surface area (Å²) in [7, 11) is 0. The standard InChI is InChI=1S/C21H23ClN2O/c1-16-5-3-4-6-18(16)8-10-21(25)24-13-11-23(12-14-24)20-15-19(22)9-7-17(20)2/h3-10,15H,11-14H2,1-2H3/b10-8+. The fourth-order valence-electron chi connectivity index (χ4n) is 3.13. The number of nitrogens with zero attached hydrogens (tertiary/aromatic N) is 2. The molecule has 3 rings (SSSR count). The predicted molar refractivity (Wildman–Crippen MR) is 105 cm³/mol. The van der Waals surface area contributed by atoms with Gasteiger partial charge in [-0.05, 0) is 48.7 Å². The Morgan fingerprint density at radius 2 is 1.72 bits per heavy atom. The molecule has 1 aliphatic heterocycles. The maximum absolute atomic E-state index is 12.4. The number of carbonyl (C=O) groups is 1. The van der Waals surface area contributed by atoms with Crippen molar-refractivity contribution in [2.24, 2.45) is 0 Å². The van der Waals surface area contributed by atoms with Crippen LogP contribution in [0.1, 0.15) is 16.7 Å². The fraction of sp³-hybridized carbons (Fsp3) is 0.286. The van der Waals surface area contributed by atoms with Gasteiger partial charge in [0.2, 0.25) is 5.91 Å². The molecule has 1 amide bonds. The van der Waals surface area contributed by atoms with Crippen LogP contribution < -0.4 is 4.90 Å². The zero-order chi connectivity index (χ0) is 17.8. The van der Waals surface area contributed by atoms with Crippen LogP contribution in [0.4, 0.5) is 5.69 Å². The van der Waals surface area contributed by atoms with Gasteiger partial charge in [0.05, 0.1) is 0 Å². The van der Waals surface area contributed by atoms with Gasteiger partial charge in [-0.15, -0.1) is 0 Å². The molecule has 1 aliphatic rings. The SMILES string of the molecule is Cc1ccccc1/C=C/C(=O)N1CCN(c2cc(Cl)ccc2C)CC1. The van der Waals surface area contributed by atoms with Crippen molar-refractivity contribution in [2.45, 2.75) is 13.8 Å². The van der Waals surface area contributed by atoms with Crippen LogP contribution in [0.3, 0.4) is 0 Å². The summed E-state index contributed by atoms with van der Waals surface area (Å²) in [5, 5.41) is 0.750. The molecule has 2 aromatic carbocycles. The molecular formula is C21H23ClN2O. The molecule has 25 heavy (non-hydrogen) atoms. The van der Waals surface area contributed by atoms with E-state index in [1.54, 1.807) is 6.08 Å². The molecule has 4 heteroatoms. The maximum atomic E-state index is 12.4. The van der Waals surface area contributed by atoms with Crippen molar-refractivity contribution in [2.75, 3.05) is 31.1 Å². The van der Waals surface area contributed by atoms with Crippen molar-refractivity contribution in [3.05, 3.63) is 70.3 Å². The van der Waals surface area contributed by atoms with Crippen molar-refractivity contribution in [1.82, 2.24) is 4.90 Å². The Labute approximate surface area is 154 Å². The molecular weight excluding hydrogens is 332 g/mol. The molecule has 130 valence electrons. The van der Waals surface area contributed by atoms with E-state index in [-0.39, 0.29) is 5.91 Å². The van der Waals surface area contributed by atoms with Crippen molar-refractivity contribution in [3.8, 4) is 0 Å². The Hall–Kier alpha value is -2.26. The number of hydrogen-bond acceptors (Lipinski definition) is 2. The van der Waals surface area contributed by atoms with Gasteiger partial charge in [-0.3, -0.25) is 4.79 Å². The Morgan fingerprint density at radius 1 is 1.00 bits per heavy atom. The molecule has 0 unspecified atom stereocenters. The Kier molecular flexibility index (Phi) is 5.44. The highest BCUT2D eigenvalue weighted by molar-refractivity contribution is 6.30. The van der Waals surface area contributed by atoms with Crippen molar-refractivity contribution in [3.63, 3.8) is 0 Å². The fourth-order valence-corrected chi connectivity index (χ4v) is 3.30. The van der Waals surface area contributed by atoms with E-state index in [9.17, 15) is 4.79 Å². The number of benzene rings is 2. The number of carbonyl (C=O) groups excluding carboxylic acids is 1. The minimum absolute atomic E-state index is 0.0747. The van der Waals surface area contributed by atoms with Gasteiger partial charge in [0, 0.05) is 43.0 Å². The van der Waals surface area contributed by atoms with Crippen LogP contribution in [-0.2, 0) is 4.79 Å². The normalized spacial score (nSPS) is 15.0. The average Bonchev–Trinajstić information content (AvgIpc) is 2.63. The van der Waals surface area contributed by atoms with Gasteiger partial charge >= 0.3 is 0 Å². The third-order valence-electron chi connectivity index (χ3n) is 4.70. The Morgan fingerprint density at radius 3 is 2.44 bits per heavy atom. The number of aryl methyl sites for hydroxylation is 2. The van der Waals surface area contributed by atoms with E-state index >= 15 is 0 Å². The molecule has 0 atom stereocenters. The minimum Gasteiger partial charge on any atom is -0.368 e. The molecule has 0 saturated carbocycles. The van der Waals surface area contributed by atoms with Crippen LogP contribution in [0.15, 0.2) is 48.5 Å². The first kappa shape index (κ1) is 17.6. The highest BCUT2D eigenvalue weighted by Crippen LogP contribution is 2.25. The summed E-state index contributed by atoms with van der Waals surface area (Å²) in [4.78, 5) is 16.7. The minimum atomic E-state index is 0.0747. The van der Waals surface area contributed by atoms with E-state index in [1.807, 2.05) is 47.4 Å². The predicted octanol–water partition coefficient (Wildman–Crippen LogP) is 4.32. The second-order valence-electron chi connectivity index (χ2n) is 6.43. The number of amides is 1. The summed E-state index contributed by atoms with van der Waals surface area (Å²) in [6.45, 7) is 7.24. The number of anilines is 1. The monoisotopic (exact) mass is 354 g/mol. The van der Waals surface area contributed by atoms with Gasteiger partial charge in [-0.1, -0.05) is 41.9 Å². The van der Waals surface area contributed by atoms with Gasteiger partial charge in [0.25, 0.3) is 0 Å². The van der Waals surface area contributed by atoms with Crippen molar-refractivity contribution < 1.29 is 4.79 Å². The van der Waals surface area contributed by atoms with Gasteiger partial charge in [-0.2, -0.15) is 0 Å². The molecule has 1 saturated heterocycles. The van der Waals surface area contributed by atoms with Gasteiger partial charge < -0.3 is 9.80 Å². The molecule has 0 radical (unpaired) electrons. The molecule has 0 spiro atoms. The molecule has 0 bridgehead atoms. The first-order chi connectivity index (χ1) is 12.0. The van der Waals surface area contributed by atoms with Crippen LogP contribution in [-0.4, -0.2) is 37.0 Å². The zero-order valence-electron chi connectivity index (χ0n) is 14.7. The Bertz CT molecular complexity index is 792. The average molecular weight is 355 g/mol. The molecule has 1 fully saturated rings. The molecule has 0 N–H and O–H groups in total. The summed E-state index contributed by atoms with van der Waals surface area (Å²) in [6.07, 6.45) is 3.59. The largest absolute Gasteiger partial charge is 0.368 e. The molecule has 2 aromatic rings. The zero-order valence-corrected chi connectivity index (χ0v) is 15.5.